The number of rotatable bonds is 4. The second-order valence-electron chi connectivity index (χ2n) is 4.10. The lowest BCUT2D eigenvalue weighted by atomic mass is 10.4. The predicted octanol–water partition coefficient (Wildman–Crippen LogP) is 2.27. The molecule has 1 aliphatic rings. The van der Waals surface area contributed by atoms with E-state index < -0.39 is 23.8 Å². The van der Waals surface area contributed by atoms with Gasteiger partial charge in [0.2, 0.25) is 0 Å². The van der Waals surface area contributed by atoms with Crippen LogP contribution in [0.5, 0.6) is 0 Å². The van der Waals surface area contributed by atoms with Gasteiger partial charge in [-0.2, -0.15) is 0 Å². The van der Waals surface area contributed by atoms with Crippen molar-refractivity contribution < 1.29 is 18.4 Å². The molecule has 1 unspecified atom stereocenters. The van der Waals surface area contributed by atoms with Gasteiger partial charge < -0.3 is 15.2 Å². The summed E-state index contributed by atoms with van der Waals surface area (Å²) in [5.41, 5.74) is 4.89. The van der Waals surface area contributed by atoms with Crippen LogP contribution in [0.4, 0.5) is 10.2 Å². The summed E-state index contributed by atoms with van der Waals surface area (Å²) in [5.74, 6) is -0.337. The number of nitrogens with zero attached hydrogens (tertiary/aromatic N) is 4. The number of fused-ring (bicyclic) bond motifs is 1. The van der Waals surface area contributed by atoms with E-state index in [-0.39, 0.29) is 12.2 Å². The predicted molar refractivity (Wildman–Crippen MR) is 80.4 cm³/mol. The van der Waals surface area contributed by atoms with E-state index in [1.165, 1.54) is 23.3 Å². The highest BCUT2D eigenvalue weighted by Gasteiger charge is 2.32. The number of aromatic nitrogens is 4. The summed E-state index contributed by atoms with van der Waals surface area (Å²) < 4.78 is 37.0. The molecule has 3 rings (SSSR count). The van der Waals surface area contributed by atoms with E-state index in [9.17, 15) is 8.96 Å². The number of nitrogens with two attached hydrogens (primary N) is 1. The van der Waals surface area contributed by atoms with Gasteiger partial charge in [-0.15, -0.1) is 0 Å². The molecular formula is C10H9FIN5O3P+. The smallest absolute Gasteiger partial charge is 0.382 e. The third-order valence-electron chi connectivity index (χ3n) is 2.77. The Bertz CT molecular complexity index is 739. The third-order valence-corrected chi connectivity index (χ3v) is 3.96. The fraction of sp³-hybridized carbons (Fsp3) is 0.300. The molecule has 8 nitrogen and oxygen atoms in total. The number of hydrogen-bond acceptors (Lipinski definition) is 7. The van der Waals surface area contributed by atoms with Crippen molar-refractivity contribution in [3.63, 3.8) is 0 Å². The Morgan fingerprint density at radius 2 is 2.33 bits per heavy atom. The number of nitrogen functional groups attached to an aromatic ring is 1. The summed E-state index contributed by atoms with van der Waals surface area (Å²) in [6, 6.07) is 0. The van der Waals surface area contributed by atoms with Gasteiger partial charge in [-0.3, -0.25) is 4.57 Å². The van der Waals surface area contributed by atoms with Gasteiger partial charge in [-0.1, -0.05) is 4.57 Å². The number of hydrogen-bond donors (Lipinski definition) is 1. The van der Waals surface area contributed by atoms with E-state index in [4.69, 9.17) is 15.2 Å². The highest BCUT2D eigenvalue weighted by Crippen LogP contribution is 2.36. The Labute approximate surface area is 131 Å². The first kappa shape index (κ1) is 14.7. The lowest BCUT2D eigenvalue weighted by molar-refractivity contribution is -0.127. The molecule has 0 spiro atoms. The lowest BCUT2D eigenvalue weighted by Crippen LogP contribution is -2.15. The van der Waals surface area contributed by atoms with Crippen LogP contribution in [0.2, 0.25) is 0 Å². The molecule has 0 saturated carbocycles. The van der Waals surface area contributed by atoms with Gasteiger partial charge in [0.15, 0.2) is 29.8 Å². The Hall–Kier alpha value is -1.23. The minimum absolute atomic E-state index is 0.0170. The number of ether oxygens (including phenoxy) is 2. The highest BCUT2D eigenvalue weighted by atomic mass is 127. The van der Waals surface area contributed by atoms with E-state index >= 15 is 0 Å². The highest BCUT2D eigenvalue weighted by molar-refractivity contribution is 14.2. The molecule has 2 aromatic rings. The summed E-state index contributed by atoms with van der Waals surface area (Å²) in [6.45, 7) is 0. The second kappa shape index (κ2) is 5.87. The van der Waals surface area contributed by atoms with Gasteiger partial charge in [-0.25, -0.2) is 19.3 Å². The zero-order valence-corrected chi connectivity index (χ0v) is 13.4. The molecule has 11 heteroatoms. The molecule has 0 saturated heterocycles. The molecule has 2 N–H and O–H groups in total. The van der Waals surface area contributed by atoms with Crippen LogP contribution in [0.25, 0.3) is 11.2 Å². The van der Waals surface area contributed by atoms with Crippen molar-refractivity contribution >= 4 is 44.5 Å². The molecular weight excluding hydrogens is 415 g/mol. The van der Waals surface area contributed by atoms with Gasteiger partial charge in [0, 0.05) is 6.08 Å². The molecule has 0 fully saturated rings. The Morgan fingerprint density at radius 1 is 1.52 bits per heavy atom. The molecule has 110 valence electrons. The average molecular weight is 424 g/mol. The maximum atomic E-state index is 14.0. The van der Waals surface area contributed by atoms with Gasteiger partial charge >= 0.3 is 5.44 Å². The second-order valence-corrected chi connectivity index (χ2v) is 8.23. The third kappa shape index (κ3) is 2.89. The zero-order valence-electron chi connectivity index (χ0n) is 10.4. The Morgan fingerprint density at radius 3 is 3.10 bits per heavy atom. The topological polar surface area (TPSA) is 105 Å². The van der Waals surface area contributed by atoms with Gasteiger partial charge in [0.25, 0.3) is 28.4 Å². The van der Waals surface area contributed by atoms with E-state index in [2.05, 4.69) is 15.0 Å². The largest absolute Gasteiger partial charge is 0.433 e. The standard InChI is InChI=1S/C10H9FIN5O3P/c11-5-1-6(19-4-21(12)18)20-10(5)17-3-16-7-8(13)14-2-15-9(7)17/h1-3,6,10H,4H2,(H2,13,14,15)/q+1/t6-,10+/m0/s1. The first-order valence-electron chi connectivity index (χ1n) is 5.74. The van der Waals surface area contributed by atoms with Crippen molar-refractivity contribution in [2.45, 2.75) is 12.5 Å². The quantitative estimate of drug-likeness (QED) is 0.593. The molecule has 2 aromatic heterocycles. The van der Waals surface area contributed by atoms with Crippen LogP contribution in [-0.2, 0) is 14.0 Å². The first-order valence-corrected chi connectivity index (χ1v) is 9.97. The van der Waals surface area contributed by atoms with Gasteiger partial charge in [-0.05, 0) is 0 Å². The molecule has 3 atom stereocenters. The number of imidazole rings is 1. The van der Waals surface area contributed by atoms with Crippen LogP contribution in [0, 0.1) is 0 Å². The van der Waals surface area contributed by atoms with E-state index in [1.54, 1.807) is 22.0 Å². The normalized spacial score (nSPS) is 22.6. The monoisotopic (exact) mass is 424 g/mol. The molecule has 3 heterocycles. The summed E-state index contributed by atoms with van der Waals surface area (Å²) in [5, 5.41) is 0. The maximum Gasteiger partial charge on any atom is 0.433 e. The molecule has 0 bridgehead atoms. The summed E-state index contributed by atoms with van der Waals surface area (Å²) in [4.78, 5) is 11.9. The van der Waals surface area contributed by atoms with Gasteiger partial charge in [0.05, 0.1) is 6.33 Å². The van der Waals surface area contributed by atoms with Crippen molar-refractivity contribution in [1.29, 1.82) is 0 Å². The lowest BCUT2D eigenvalue weighted by Gasteiger charge is -2.14. The van der Waals surface area contributed by atoms with Crippen LogP contribution < -0.4 is 5.73 Å². The van der Waals surface area contributed by atoms with Crippen LogP contribution in [0.3, 0.4) is 0 Å². The van der Waals surface area contributed by atoms with Crippen LogP contribution in [0.15, 0.2) is 24.6 Å². The zero-order chi connectivity index (χ0) is 15.0. The molecule has 21 heavy (non-hydrogen) atoms. The minimum Gasteiger partial charge on any atom is -0.382 e. The molecule has 0 radical (unpaired) electrons. The van der Waals surface area contributed by atoms with E-state index in [1.807, 2.05) is 0 Å². The number of anilines is 1. The fourth-order valence-electron chi connectivity index (χ4n) is 1.90. The van der Waals surface area contributed by atoms with Crippen LogP contribution >= 0.6 is 27.5 Å². The summed E-state index contributed by atoms with van der Waals surface area (Å²) in [6.07, 6.45) is 1.85. The van der Waals surface area contributed by atoms with Crippen molar-refractivity contribution in [2.24, 2.45) is 0 Å². The summed E-state index contributed by atoms with van der Waals surface area (Å²) >= 11 is 1.73. The number of halogens is 2. The maximum absolute atomic E-state index is 14.0. The van der Waals surface area contributed by atoms with Crippen molar-refractivity contribution in [3.05, 3.63) is 24.6 Å². The molecule has 0 amide bonds. The Balaban J connectivity index is 1.85. The minimum atomic E-state index is -1.51. The Kier molecular flexibility index (Phi) is 4.11. The van der Waals surface area contributed by atoms with Crippen LogP contribution in [-0.4, -0.2) is 32.2 Å². The van der Waals surface area contributed by atoms with E-state index in [0.29, 0.717) is 11.2 Å². The van der Waals surface area contributed by atoms with Gasteiger partial charge in [0.1, 0.15) is 11.8 Å². The van der Waals surface area contributed by atoms with Crippen molar-refractivity contribution in [1.82, 2.24) is 19.5 Å². The molecule has 0 aromatic carbocycles. The molecule has 1 aliphatic heterocycles. The van der Waals surface area contributed by atoms with Crippen LogP contribution in [0.1, 0.15) is 6.23 Å². The average Bonchev–Trinajstić information content (AvgIpc) is 3.01. The van der Waals surface area contributed by atoms with Crippen molar-refractivity contribution in [2.75, 3.05) is 12.1 Å². The fourth-order valence-corrected chi connectivity index (χ4v) is 2.65. The summed E-state index contributed by atoms with van der Waals surface area (Å²) in [7, 11) is 0. The first-order chi connectivity index (χ1) is 10.1. The molecule has 0 aliphatic carbocycles. The van der Waals surface area contributed by atoms with Crippen molar-refractivity contribution in [3.8, 4) is 0 Å². The SMILES string of the molecule is Nc1ncnc2c1ncn2[C@@H]1O[C@H](OC[P+](=O)I)C=C1F. The van der Waals surface area contributed by atoms with E-state index in [0.717, 1.165) is 0 Å².